The van der Waals surface area contributed by atoms with Crippen LogP contribution in [0, 0.1) is 13.8 Å². The number of hydrogen-bond acceptors (Lipinski definition) is 3. The Morgan fingerprint density at radius 2 is 1.10 bits per heavy atom. The molecule has 146 valence electrons. The van der Waals surface area contributed by atoms with Gasteiger partial charge >= 0.3 is 17.9 Å². The quantitative estimate of drug-likeness (QED) is 0.580. The van der Waals surface area contributed by atoms with Gasteiger partial charge in [-0.3, -0.25) is 0 Å². The van der Waals surface area contributed by atoms with Crippen LogP contribution in [0.25, 0.3) is 22.3 Å². The Balaban J connectivity index is 2.62. The minimum absolute atomic E-state index is 0.110. The van der Waals surface area contributed by atoms with E-state index in [4.69, 9.17) is 0 Å². The molecular weight excluding hydrogens is 372 g/mol. The Labute approximate surface area is 166 Å². The molecule has 6 heteroatoms. The summed E-state index contributed by atoms with van der Waals surface area (Å²) in [5.74, 6) is -4.27. The average Bonchev–Trinajstić information content (AvgIpc) is 2.66. The Bertz CT molecular complexity index is 1160. The first-order valence-corrected chi connectivity index (χ1v) is 8.77. The molecule has 29 heavy (non-hydrogen) atoms. The van der Waals surface area contributed by atoms with Gasteiger partial charge in [-0.2, -0.15) is 0 Å². The maximum atomic E-state index is 12.3. The Morgan fingerprint density at radius 1 is 0.621 bits per heavy atom. The second kappa shape index (κ2) is 7.59. The summed E-state index contributed by atoms with van der Waals surface area (Å²) in [7, 11) is 0. The van der Waals surface area contributed by atoms with Crippen LogP contribution < -0.4 is 0 Å². The number of carbonyl (C=O) groups is 3. The summed E-state index contributed by atoms with van der Waals surface area (Å²) < 4.78 is 0. The van der Waals surface area contributed by atoms with E-state index in [1.54, 1.807) is 62.4 Å². The summed E-state index contributed by atoms with van der Waals surface area (Å²) in [5.41, 5.74) is 1.08. The van der Waals surface area contributed by atoms with E-state index in [1.807, 2.05) is 0 Å². The summed E-state index contributed by atoms with van der Waals surface area (Å²) in [6.07, 6.45) is 0. The maximum Gasteiger partial charge on any atom is 0.337 e. The molecule has 0 bridgehead atoms. The van der Waals surface area contributed by atoms with Gasteiger partial charge in [0.25, 0.3) is 0 Å². The predicted molar refractivity (Wildman–Crippen MR) is 108 cm³/mol. The number of aryl methyl sites for hydroxylation is 2. The lowest BCUT2D eigenvalue weighted by atomic mass is 9.83. The van der Waals surface area contributed by atoms with Crippen molar-refractivity contribution in [2.24, 2.45) is 0 Å². The minimum Gasteiger partial charge on any atom is -0.478 e. The highest BCUT2D eigenvalue weighted by atomic mass is 16.4. The van der Waals surface area contributed by atoms with Gasteiger partial charge in [-0.25, -0.2) is 14.4 Å². The van der Waals surface area contributed by atoms with Gasteiger partial charge in [-0.15, -0.1) is 0 Å². The van der Waals surface area contributed by atoms with Crippen molar-refractivity contribution in [1.29, 1.82) is 0 Å². The van der Waals surface area contributed by atoms with Crippen LogP contribution in [-0.2, 0) is 0 Å². The zero-order valence-corrected chi connectivity index (χ0v) is 15.8. The third-order valence-corrected chi connectivity index (χ3v) is 4.84. The van der Waals surface area contributed by atoms with Gasteiger partial charge in [0.1, 0.15) is 0 Å². The molecule has 0 spiro atoms. The summed E-state index contributed by atoms with van der Waals surface area (Å²) in [4.78, 5) is 36.3. The zero-order valence-electron chi connectivity index (χ0n) is 15.8. The van der Waals surface area contributed by atoms with Gasteiger partial charge < -0.3 is 15.3 Å². The topological polar surface area (TPSA) is 112 Å². The molecule has 0 atom stereocenters. The van der Waals surface area contributed by atoms with Crippen molar-refractivity contribution >= 4 is 17.9 Å². The van der Waals surface area contributed by atoms with E-state index < -0.39 is 29.0 Å². The fraction of sp³-hybridized carbons (Fsp3) is 0.0870. The SMILES string of the molecule is Cc1ccccc1-c1cc(C(=O)O)c(C(=O)O)c(-c2ccccc2C)c1C(=O)O. The van der Waals surface area contributed by atoms with Gasteiger partial charge in [0.05, 0.1) is 16.7 Å². The van der Waals surface area contributed by atoms with Crippen LogP contribution in [0.1, 0.15) is 42.2 Å². The third-order valence-electron chi connectivity index (χ3n) is 4.84. The van der Waals surface area contributed by atoms with E-state index in [1.165, 1.54) is 0 Å². The van der Waals surface area contributed by atoms with Gasteiger partial charge in [-0.1, -0.05) is 48.5 Å². The lowest BCUT2D eigenvalue weighted by molar-refractivity contribution is 0.0650. The molecule has 3 N–H and O–H groups in total. The molecule has 0 aliphatic carbocycles. The first kappa shape index (κ1) is 19.8. The molecule has 0 saturated heterocycles. The molecule has 0 radical (unpaired) electrons. The molecular formula is C23H18O6. The number of benzene rings is 3. The molecule has 0 aliphatic rings. The summed E-state index contributed by atoms with van der Waals surface area (Å²) in [6, 6.07) is 14.8. The molecule has 0 aromatic heterocycles. The van der Waals surface area contributed by atoms with E-state index in [9.17, 15) is 29.7 Å². The van der Waals surface area contributed by atoms with Crippen molar-refractivity contribution in [2.75, 3.05) is 0 Å². The lowest BCUT2D eigenvalue weighted by Gasteiger charge is -2.19. The molecule has 3 rings (SSSR count). The highest BCUT2D eigenvalue weighted by molar-refractivity contribution is 6.15. The fourth-order valence-electron chi connectivity index (χ4n) is 3.51. The van der Waals surface area contributed by atoms with Crippen molar-refractivity contribution in [3.05, 3.63) is 82.4 Å². The minimum atomic E-state index is -1.50. The van der Waals surface area contributed by atoms with Crippen LogP contribution in [0.2, 0.25) is 0 Å². The maximum absolute atomic E-state index is 12.3. The summed E-state index contributed by atoms with van der Waals surface area (Å²) in [5, 5.41) is 29.6. The van der Waals surface area contributed by atoms with Crippen molar-refractivity contribution in [2.45, 2.75) is 13.8 Å². The summed E-state index contributed by atoms with van der Waals surface area (Å²) in [6.45, 7) is 3.49. The highest BCUT2D eigenvalue weighted by Crippen LogP contribution is 2.40. The molecule has 6 nitrogen and oxygen atoms in total. The van der Waals surface area contributed by atoms with Crippen LogP contribution in [0.15, 0.2) is 54.6 Å². The van der Waals surface area contributed by atoms with E-state index >= 15 is 0 Å². The number of carboxylic acids is 3. The van der Waals surface area contributed by atoms with E-state index in [-0.39, 0.29) is 16.7 Å². The Kier molecular flexibility index (Phi) is 5.19. The normalized spacial score (nSPS) is 10.6. The van der Waals surface area contributed by atoms with Crippen molar-refractivity contribution in [1.82, 2.24) is 0 Å². The molecule has 0 unspecified atom stereocenters. The van der Waals surface area contributed by atoms with Gasteiger partial charge in [-0.05, 0) is 47.7 Å². The zero-order chi connectivity index (χ0) is 21.3. The van der Waals surface area contributed by atoms with Gasteiger partial charge in [0.15, 0.2) is 0 Å². The molecule has 0 fully saturated rings. The van der Waals surface area contributed by atoms with Crippen LogP contribution in [0.3, 0.4) is 0 Å². The molecule has 0 heterocycles. The van der Waals surface area contributed by atoms with Crippen LogP contribution in [-0.4, -0.2) is 33.2 Å². The monoisotopic (exact) mass is 390 g/mol. The smallest absolute Gasteiger partial charge is 0.337 e. The second-order valence-electron chi connectivity index (χ2n) is 6.64. The molecule has 3 aromatic carbocycles. The molecule has 3 aromatic rings. The molecule has 0 aliphatic heterocycles. The average molecular weight is 390 g/mol. The van der Waals surface area contributed by atoms with Crippen molar-refractivity contribution in [3.63, 3.8) is 0 Å². The lowest BCUT2D eigenvalue weighted by Crippen LogP contribution is -2.16. The number of rotatable bonds is 5. The van der Waals surface area contributed by atoms with E-state index in [0.29, 0.717) is 16.7 Å². The number of aromatic carboxylic acids is 3. The largest absolute Gasteiger partial charge is 0.478 e. The summed E-state index contributed by atoms with van der Waals surface area (Å²) >= 11 is 0. The van der Waals surface area contributed by atoms with Gasteiger partial charge in [0.2, 0.25) is 0 Å². The predicted octanol–water partition coefficient (Wildman–Crippen LogP) is 4.73. The second-order valence-corrected chi connectivity index (χ2v) is 6.64. The van der Waals surface area contributed by atoms with Crippen molar-refractivity contribution in [3.8, 4) is 22.3 Å². The first-order chi connectivity index (χ1) is 13.7. The van der Waals surface area contributed by atoms with E-state index in [0.717, 1.165) is 11.6 Å². The molecule has 0 saturated carbocycles. The van der Waals surface area contributed by atoms with Crippen LogP contribution >= 0.6 is 0 Å². The van der Waals surface area contributed by atoms with Crippen molar-refractivity contribution < 1.29 is 29.7 Å². The van der Waals surface area contributed by atoms with Gasteiger partial charge in [0, 0.05) is 5.56 Å². The number of carboxylic acid groups (broad SMARTS) is 3. The highest BCUT2D eigenvalue weighted by Gasteiger charge is 2.31. The van der Waals surface area contributed by atoms with E-state index in [2.05, 4.69) is 0 Å². The first-order valence-electron chi connectivity index (χ1n) is 8.77. The van der Waals surface area contributed by atoms with Crippen LogP contribution in [0.5, 0.6) is 0 Å². The Hall–Kier alpha value is -3.93. The molecule has 0 amide bonds. The van der Waals surface area contributed by atoms with Crippen LogP contribution in [0.4, 0.5) is 0 Å². The number of hydrogen-bond donors (Lipinski definition) is 3. The third kappa shape index (κ3) is 3.48. The Morgan fingerprint density at radius 3 is 1.55 bits per heavy atom. The fourth-order valence-corrected chi connectivity index (χ4v) is 3.51. The standard InChI is InChI=1S/C23H18O6/c1-12-7-3-5-9-14(12)16-11-17(21(24)25)20(23(28)29)18(19(16)22(26)27)15-10-6-4-8-13(15)2/h3-11H,1-2H3,(H,24,25)(H,26,27)(H,28,29).